The fourth-order valence-corrected chi connectivity index (χ4v) is 4.21. The standard InChI is InChI=1S/C17H16O3S/c1-11-7-8-13(9-14(11)17(18)19)21(20)16-10-15(16)12-5-3-2-4-6-12/h2-9,15-16H,10H2,1H3,(H,18,19). The molecule has 3 nitrogen and oxygen atoms in total. The molecule has 2 aromatic carbocycles. The summed E-state index contributed by atoms with van der Waals surface area (Å²) in [6, 6.07) is 15.1. The van der Waals surface area contributed by atoms with E-state index in [1.807, 2.05) is 18.2 Å². The lowest BCUT2D eigenvalue weighted by molar-refractivity contribution is 0.0696. The highest BCUT2D eigenvalue weighted by atomic mass is 32.2. The van der Waals surface area contributed by atoms with E-state index in [-0.39, 0.29) is 10.8 Å². The first-order chi connectivity index (χ1) is 10.1. The third kappa shape index (κ3) is 2.76. The van der Waals surface area contributed by atoms with Crippen molar-refractivity contribution in [1.29, 1.82) is 0 Å². The van der Waals surface area contributed by atoms with Crippen LogP contribution in [0.4, 0.5) is 0 Å². The van der Waals surface area contributed by atoms with Crippen molar-refractivity contribution in [2.45, 2.75) is 29.4 Å². The number of carboxylic acid groups (broad SMARTS) is 1. The summed E-state index contributed by atoms with van der Waals surface area (Å²) in [5, 5.41) is 9.25. The maximum atomic E-state index is 12.6. The maximum absolute atomic E-state index is 12.6. The Morgan fingerprint density at radius 3 is 2.57 bits per heavy atom. The number of carbonyl (C=O) groups is 1. The molecule has 0 heterocycles. The van der Waals surface area contributed by atoms with Crippen molar-refractivity contribution in [3.63, 3.8) is 0 Å². The summed E-state index contributed by atoms with van der Waals surface area (Å²) in [5.41, 5.74) is 2.14. The molecule has 1 aliphatic rings. The second-order valence-corrected chi connectivity index (χ2v) is 7.04. The Hall–Kier alpha value is -1.94. The van der Waals surface area contributed by atoms with Gasteiger partial charge in [0.25, 0.3) is 0 Å². The first kappa shape index (κ1) is 14.0. The average Bonchev–Trinajstić information content (AvgIpc) is 3.28. The van der Waals surface area contributed by atoms with Gasteiger partial charge in [0.1, 0.15) is 0 Å². The predicted octanol–water partition coefficient (Wildman–Crippen LogP) is 3.36. The van der Waals surface area contributed by atoms with Gasteiger partial charge in [-0.05, 0) is 42.5 Å². The van der Waals surface area contributed by atoms with E-state index in [2.05, 4.69) is 12.1 Å². The minimum absolute atomic E-state index is 0.0942. The molecule has 1 N–H and O–H groups in total. The molecule has 3 rings (SSSR count). The van der Waals surface area contributed by atoms with Crippen molar-refractivity contribution in [2.24, 2.45) is 0 Å². The minimum Gasteiger partial charge on any atom is -0.478 e. The molecular weight excluding hydrogens is 284 g/mol. The van der Waals surface area contributed by atoms with Gasteiger partial charge in [-0.2, -0.15) is 0 Å². The van der Waals surface area contributed by atoms with Crippen LogP contribution in [0.25, 0.3) is 0 Å². The number of hydrogen-bond donors (Lipinski definition) is 1. The molecule has 1 saturated carbocycles. The fraction of sp³-hybridized carbons (Fsp3) is 0.235. The SMILES string of the molecule is Cc1ccc(S(=O)C2CC2c2ccccc2)cc1C(=O)O. The monoisotopic (exact) mass is 300 g/mol. The number of carboxylic acids is 1. The Kier molecular flexibility index (Phi) is 3.64. The molecule has 3 unspecified atom stereocenters. The zero-order valence-electron chi connectivity index (χ0n) is 11.7. The summed E-state index contributed by atoms with van der Waals surface area (Å²) in [6.07, 6.45) is 0.896. The smallest absolute Gasteiger partial charge is 0.335 e. The zero-order chi connectivity index (χ0) is 15.0. The van der Waals surface area contributed by atoms with Gasteiger partial charge in [0.15, 0.2) is 0 Å². The van der Waals surface area contributed by atoms with Gasteiger partial charge in [-0.3, -0.25) is 4.21 Å². The third-order valence-electron chi connectivity index (χ3n) is 3.91. The van der Waals surface area contributed by atoms with Crippen LogP contribution in [0, 0.1) is 6.92 Å². The molecule has 0 radical (unpaired) electrons. The van der Waals surface area contributed by atoms with E-state index in [0.717, 1.165) is 6.42 Å². The van der Waals surface area contributed by atoms with Crippen LogP contribution >= 0.6 is 0 Å². The molecular formula is C17H16O3S. The molecule has 0 bridgehead atoms. The number of aryl methyl sites for hydroxylation is 1. The molecule has 0 amide bonds. The molecule has 0 aromatic heterocycles. The van der Waals surface area contributed by atoms with Crippen molar-refractivity contribution < 1.29 is 14.1 Å². The van der Waals surface area contributed by atoms with Gasteiger partial charge in [0.05, 0.1) is 16.4 Å². The lowest BCUT2D eigenvalue weighted by Gasteiger charge is -2.06. The van der Waals surface area contributed by atoms with Crippen LogP contribution in [0.2, 0.25) is 0 Å². The Balaban J connectivity index is 1.82. The quantitative estimate of drug-likeness (QED) is 0.942. The highest BCUT2D eigenvalue weighted by Crippen LogP contribution is 2.46. The summed E-state index contributed by atoms with van der Waals surface area (Å²) >= 11 is 0. The highest BCUT2D eigenvalue weighted by molar-refractivity contribution is 7.86. The number of benzene rings is 2. The number of aromatic carboxylic acids is 1. The van der Waals surface area contributed by atoms with Crippen LogP contribution in [0.1, 0.15) is 33.8 Å². The highest BCUT2D eigenvalue weighted by Gasteiger charge is 2.43. The van der Waals surface area contributed by atoms with E-state index in [9.17, 15) is 9.00 Å². The van der Waals surface area contributed by atoms with Crippen LogP contribution in [0.15, 0.2) is 53.4 Å². The number of rotatable bonds is 4. The molecule has 1 aliphatic carbocycles. The lowest BCUT2D eigenvalue weighted by Crippen LogP contribution is -2.05. The molecule has 21 heavy (non-hydrogen) atoms. The predicted molar refractivity (Wildman–Crippen MR) is 82.1 cm³/mol. The molecule has 0 spiro atoms. The summed E-state index contributed by atoms with van der Waals surface area (Å²) in [7, 11) is -1.15. The topological polar surface area (TPSA) is 54.4 Å². The van der Waals surface area contributed by atoms with Gasteiger partial charge in [-0.15, -0.1) is 0 Å². The van der Waals surface area contributed by atoms with Gasteiger partial charge in [-0.1, -0.05) is 36.4 Å². The maximum Gasteiger partial charge on any atom is 0.335 e. The lowest BCUT2D eigenvalue weighted by atomic mass is 10.1. The first-order valence-electron chi connectivity index (χ1n) is 6.87. The van der Waals surface area contributed by atoms with Gasteiger partial charge in [-0.25, -0.2) is 4.79 Å². The van der Waals surface area contributed by atoms with E-state index in [1.54, 1.807) is 25.1 Å². The van der Waals surface area contributed by atoms with Crippen LogP contribution < -0.4 is 0 Å². The van der Waals surface area contributed by atoms with E-state index in [1.165, 1.54) is 5.56 Å². The first-order valence-corrected chi connectivity index (χ1v) is 8.08. The van der Waals surface area contributed by atoms with E-state index in [4.69, 9.17) is 5.11 Å². The van der Waals surface area contributed by atoms with Crippen molar-refractivity contribution in [1.82, 2.24) is 0 Å². The molecule has 0 aliphatic heterocycles. The van der Waals surface area contributed by atoms with Crippen molar-refractivity contribution in [3.05, 3.63) is 65.2 Å². The Morgan fingerprint density at radius 1 is 1.19 bits per heavy atom. The van der Waals surface area contributed by atoms with E-state index < -0.39 is 16.8 Å². The largest absolute Gasteiger partial charge is 0.478 e. The van der Waals surface area contributed by atoms with Gasteiger partial charge < -0.3 is 5.11 Å². The summed E-state index contributed by atoms with van der Waals surface area (Å²) in [4.78, 5) is 11.8. The molecule has 108 valence electrons. The zero-order valence-corrected chi connectivity index (χ0v) is 12.5. The van der Waals surface area contributed by atoms with E-state index >= 15 is 0 Å². The third-order valence-corrected chi connectivity index (χ3v) is 5.70. The van der Waals surface area contributed by atoms with Crippen molar-refractivity contribution >= 4 is 16.8 Å². The van der Waals surface area contributed by atoms with Gasteiger partial charge in [0, 0.05) is 10.1 Å². The normalized spacial score (nSPS) is 21.8. The van der Waals surface area contributed by atoms with Crippen LogP contribution in [-0.4, -0.2) is 20.5 Å². The van der Waals surface area contributed by atoms with Crippen LogP contribution in [0.5, 0.6) is 0 Å². The summed E-state index contributed by atoms with van der Waals surface area (Å²) in [5.74, 6) is -0.650. The number of hydrogen-bond acceptors (Lipinski definition) is 2. The summed E-state index contributed by atoms with van der Waals surface area (Å²) in [6.45, 7) is 1.75. The molecule has 3 atom stereocenters. The van der Waals surface area contributed by atoms with Gasteiger partial charge in [0.2, 0.25) is 0 Å². The average molecular weight is 300 g/mol. The Labute approximate surface area is 126 Å². The van der Waals surface area contributed by atoms with Gasteiger partial charge >= 0.3 is 5.97 Å². The van der Waals surface area contributed by atoms with E-state index in [0.29, 0.717) is 16.4 Å². The molecule has 1 fully saturated rings. The van der Waals surface area contributed by atoms with Crippen LogP contribution in [-0.2, 0) is 10.8 Å². The molecule has 2 aromatic rings. The minimum atomic E-state index is -1.15. The fourth-order valence-electron chi connectivity index (χ4n) is 2.59. The van der Waals surface area contributed by atoms with Crippen molar-refractivity contribution in [3.8, 4) is 0 Å². The van der Waals surface area contributed by atoms with Crippen LogP contribution in [0.3, 0.4) is 0 Å². The Morgan fingerprint density at radius 2 is 1.90 bits per heavy atom. The van der Waals surface area contributed by atoms with Crippen molar-refractivity contribution in [2.75, 3.05) is 0 Å². The molecule has 4 heteroatoms. The second-order valence-electron chi connectivity index (χ2n) is 5.37. The summed E-state index contributed by atoms with van der Waals surface area (Å²) < 4.78 is 12.6. The Bertz CT molecular complexity index is 709. The second kappa shape index (κ2) is 5.45. The molecule has 0 saturated heterocycles.